The Hall–Kier alpha value is -1.99. The Balaban J connectivity index is 1.35. The van der Waals surface area contributed by atoms with Crippen LogP contribution in [0.5, 0.6) is 5.75 Å². The van der Waals surface area contributed by atoms with Crippen LogP contribution in [0.15, 0.2) is 24.3 Å². The van der Waals surface area contributed by atoms with Crippen LogP contribution in [0.25, 0.3) is 0 Å². The number of nitrogens with one attached hydrogen (secondary N) is 1. The van der Waals surface area contributed by atoms with Crippen LogP contribution in [0, 0.1) is 5.92 Å². The molecule has 1 saturated carbocycles. The van der Waals surface area contributed by atoms with Gasteiger partial charge in [0, 0.05) is 12.5 Å². The molecule has 2 aliphatic rings. The maximum absolute atomic E-state index is 12.4. The number of amides is 1. The van der Waals surface area contributed by atoms with Gasteiger partial charge in [0.15, 0.2) is 0 Å². The van der Waals surface area contributed by atoms with Gasteiger partial charge in [0.05, 0.1) is 7.11 Å². The van der Waals surface area contributed by atoms with Crippen molar-refractivity contribution in [1.29, 1.82) is 0 Å². The fraction of sp³-hybridized carbons (Fsp3) is 0.471. The monoisotopic (exact) mass is 345 g/mol. The summed E-state index contributed by atoms with van der Waals surface area (Å²) in [5.41, 5.74) is 1.17. The molecule has 6 nitrogen and oxygen atoms in total. The van der Waals surface area contributed by atoms with E-state index in [1.165, 1.54) is 16.9 Å². The van der Waals surface area contributed by atoms with Crippen molar-refractivity contribution in [3.8, 4) is 5.75 Å². The maximum Gasteiger partial charge on any atom is 0.229 e. The highest BCUT2D eigenvalue weighted by atomic mass is 32.1. The van der Waals surface area contributed by atoms with Gasteiger partial charge in [-0.3, -0.25) is 4.79 Å². The number of nitrogens with zero attached hydrogens (tertiary/aromatic N) is 2. The molecule has 1 aromatic carbocycles. The zero-order chi connectivity index (χ0) is 16.5. The van der Waals surface area contributed by atoms with E-state index in [2.05, 4.69) is 15.5 Å². The summed E-state index contributed by atoms with van der Waals surface area (Å²) in [7, 11) is 1.65. The van der Waals surface area contributed by atoms with E-state index >= 15 is 0 Å². The molecule has 3 atom stereocenters. The molecule has 1 aliphatic heterocycles. The minimum Gasteiger partial charge on any atom is -0.497 e. The maximum atomic E-state index is 12.4. The van der Waals surface area contributed by atoms with Crippen LogP contribution in [-0.4, -0.2) is 29.8 Å². The molecule has 1 N–H and O–H groups in total. The summed E-state index contributed by atoms with van der Waals surface area (Å²) < 4.78 is 10.8. The van der Waals surface area contributed by atoms with Crippen molar-refractivity contribution in [3.63, 3.8) is 0 Å². The first kappa shape index (κ1) is 15.5. The number of ether oxygens (including phenoxy) is 2. The van der Waals surface area contributed by atoms with Gasteiger partial charge in [-0.1, -0.05) is 23.5 Å². The molecule has 1 amide bonds. The van der Waals surface area contributed by atoms with Gasteiger partial charge in [0.25, 0.3) is 0 Å². The first-order valence-electron chi connectivity index (χ1n) is 8.14. The Morgan fingerprint density at radius 1 is 1.33 bits per heavy atom. The largest absolute Gasteiger partial charge is 0.497 e. The number of aromatic nitrogens is 2. The number of hydrogen-bond acceptors (Lipinski definition) is 6. The van der Waals surface area contributed by atoms with Gasteiger partial charge in [-0.2, -0.15) is 0 Å². The first-order chi connectivity index (χ1) is 11.7. The summed E-state index contributed by atoms with van der Waals surface area (Å²) >= 11 is 1.41. The van der Waals surface area contributed by atoms with E-state index in [4.69, 9.17) is 9.47 Å². The highest BCUT2D eigenvalue weighted by Gasteiger charge is 2.44. The zero-order valence-corrected chi connectivity index (χ0v) is 14.2. The molecule has 2 fully saturated rings. The van der Waals surface area contributed by atoms with Gasteiger partial charge in [0.1, 0.15) is 16.9 Å². The Bertz CT molecular complexity index is 725. The lowest BCUT2D eigenvalue weighted by Gasteiger charge is -2.03. The van der Waals surface area contributed by atoms with E-state index in [1.807, 2.05) is 24.3 Å². The lowest BCUT2D eigenvalue weighted by Crippen LogP contribution is -2.14. The summed E-state index contributed by atoms with van der Waals surface area (Å²) in [4.78, 5) is 12.4. The molecule has 7 heteroatoms. The van der Waals surface area contributed by atoms with Crippen molar-refractivity contribution < 1.29 is 14.3 Å². The second kappa shape index (κ2) is 6.49. The molecule has 2 aromatic rings. The molecule has 4 rings (SSSR count). The molecule has 2 heterocycles. The van der Waals surface area contributed by atoms with Crippen molar-refractivity contribution in [3.05, 3.63) is 34.8 Å². The van der Waals surface area contributed by atoms with Gasteiger partial charge in [-0.15, -0.1) is 10.2 Å². The van der Waals surface area contributed by atoms with Gasteiger partial charge >= 0.3 is 0 Å². The van der Waals surface area contributed by atoms with Gasteiger partial charge in [-0.05, 0) is 42.9 Å². The predicted octanol–water partition coefficient (Wildman–Crippen LogP) is 3.14. The highest BCUT2D eigenvalue weighted by molar-refractivity contribution is 7.15. The second-order valence-electron chi connectivity index (χ2n) is 6.16. The summed E-state index contributed by atoms with van der Waals surface area (Å²) in [5, 5.41) is 12.5. The van der Waals surface area contributed by atoms with Crippen LogP contribution in [0.3, 0.4) is 0 Å². The molecule has 0 radical (unpaired) electrons. The highest BCUT2D eigenvalue weighted by Crippen LogP contribution is 2.48. The van der Waals surface area contributed by atoms with Crippen molar-refractivity contribution >= 4 is 22.4 Å². The minimum atomic E-state index is 0.00785. The topological polar surface area (TPSA) is 73.3 Å². The number of methoxy groups -OCH3 is 1. The molecule has 1 aromatic heterocycles. The van der Waals surface area contributed by atoms with E-state index in [0.29, 0.717) is 5.13 Å². The lowest BCUT2D eigenvalue weighted by molar-refractivity contribution is -0.117. The van der Waals surface area contributed by atoms with Crippen molar-refractivity contribution in [2.75, 3.05) is 19.0 Å². The molecular weight excluding hydrogens is 326 g/mol. The normalized spacial score (nSPS) is 25.5. The molecule has 3 unspecified atom stereocenters. The van der Waals surface area contributed by atoms with Crippen LogP contribution in [0.4, 0.5) is 5.13 Å². The fourth-order valence-electron chi connectivity index (χ4n) is 3.09. The van der Waals surface area contributed by atoms with E-state index < -0.39 is 0 Å². The van der Waals surface area contributed by atoms with Crippen LogP contribution >= 0.6 is 11.3 Å². The average molecular weight is 345 g/mol. The molecule has 126 valence electrons. The molecule has 0 spiro atoms. The SMILES string of the molecule is COc1ccc(C2CC2C(=O)Nc2nnc(C3CCCO3)s2)cc1. The smallest absolute Gasteiger partial charge is 0.229 e. The summed E-state index contributed by atoms with van der Waals surface area (Å²) in [6, 6.07) is 7.91. The van der Waals surface area contributed by atoms with Crippen molar-refractivity contribution in [1.82, 2.24) is 10.2 Å². The van der Waals surface area contributed by atoms with Gasteiger partial charge < -0.3 is 14.8 Å². The first-order valence-corrected chi connectivity index (χ1v) is 8.96. The van der Waals surface area contributed by atoms with Gasteiger partial charge in [-0.25, -0.2) is 0 Å². The lowest BCUT2D eigenvalue weighted by atomic mass is 10.1. The number of anilines is 1. The molecule has 24 heavy (non-hydrogen) atoms. The van der Waals surface area contributed by atoms with Crippen molar-refractivity contribution in [2.45, 2.75) is 31.3 Å². The van der Waals surface area contributed by atoms with Crippen LogP contribution in [0.2, 0.25) is 0 Å². The van der Waals surface area contributed by atoms with E-state index in [-0.39, 0.29) is 23.8 Å². The molecule has 1 saturated heterocycles. The van der Waals surface area contributed by atoms with E-state index in [9.17, 15) is 4.79 Å². The minimum absolute atomic E-state index is 0.00785. The average Bonchev–Trinajstić information content (AvgIpc) is 3.00. The third-order valence-corrected chi connectivity index (χ3v) is 5.48. The van der Waals surface area contributed by atoms with Crippen LogP contribution < -0.4 is 10.1 Å². The number of hydrogen-bond donors (Lipinski definition) is 1. The third-order valence-electron chi connectivity index (χ3n) is 4.55. The predicted molar refractivity (Wildman–Crippen MR) is 90.3 cm³/mol. The summed E-state index contributed by atoms with van der Waals surface area (Å²) in [6.07, 6.45) is 2.94. The Morgan fingerprint density at radius 3 is 2.88 bits per heavy atom. The third kappa shape index (κ3) is 3.14. The van der Waals surface area contributed by atoms with E-state index in [1.54, 1.807) is 7.11 Å². The quantitative estimate of drug-likeness (QED) is 0.901. The van der Waals surface area contributed by atoms with Crippen LogP contribution in [0.1, 0.15) is 41.9 Å². The Morgan fingerprint density at radius 2 is 2.17 bits per heavy atom. The number of benzene rings is 1. The summed E-state index contributed by atoms with van der Waals surface area (Å²) in [6.45, 7) is 0.775. The standard InChI is InChI=1S/C17H19N3O3S/c1-22-11-6-4-10(5-7-11)12-9-13(12)15(21)18-17-20-19-16(24-17)14-3-2-8-23-14/h4-7,12-14H,2-3,8-9H2,1H3,(H,18,20,21). The van der Waals surface area contributed by atoms with Crippen LogP contribution in [-0.2, 0) is 9.53 Å². The fourth-order valence-corrected chi connectivity index (χ4v) is 3.92. The van der Waals surface area contributed by atoms with E-state index in [0.717, 1.165) is 36.6 Å². The molecular formula is C17H19N3O3S. The Kier molecular flexibility index (Phi) is 4.20. The number of carbonyl (C=O) groups excluding carboxylic acids is 1. The van der Waals surface area contributed by atoms with Crippen molar-refractivity contribution in [2.24, 2.45) is 5.92 Å². The zero-order valence-electron chi connectivity index (χ0n) is 13.4. The molecule has 0 bridgehead atoms. The van der Waals surface area contributed by atoms with Gasteiger partial charge in [0.2, 0.25) is 11.0 Å². The molecule has 1 aliphatic carbocycles. The number of rotatable bonds is 5. The summed E-state index contributed by atoms with van der Waals surface area (Å²) in [5.74, 6) is 1.14. The Labute approximate surface area is 144 Å². The second-order valence-corrected chi connectivity index (χ2v) is 7.17. The number of carbonyl (C=O) groups is 1.